The van der Waals surface area contributed by atoms with Gasteiger partial charge in [-0.05, 0) is 74.8 Å². The number of alkyl halides is 3. The largest absolute Gasteiger partial charge is 0.466 e. The summed E-state index contributed by atoms with van der Waals surface area (Å²) in [5.41, 5.74) is 5.77. The van der Waals surface area contributed by atoms with Gasteiger partial charge in [-0.1, -0.05) is 29.8 Å². The molecule has 3 N–H and O–H groups in total. The van der Waals surface area contributed by atoms with E-state index in [-0.39, 0.29) is 66.3 Å². The van der Waals surface area contributed by atoms with E-state index in [9.17, 15) is 32.3 Å². The number of hydrogen-bond donors (Lipinski definition) is 2. The average Bonchev–Trinajstić information content (AvgIpc) is 3.36. The van der Waals surface area contributed by atoms with Crippen molar-refractivity contribution >= 4 is 47.0 Å². The van der Waals surface area contributed by atoms with Gasteiger partial charge in [0.15, 0.2) is 6.10 Å². The second kappa shape index (κ2) is 17.9. The van der Waals surface area contributed by atoms with Gasteiger partial charge in [-0.25, -0.2) is 9.59 Å². The van der Waals surface area contributed by atoms with Crippen LogP contribution in [0.2, 0.25) is 5.02 Å². The van der Waals surface area contributed by atoms with Gasteiger partial charge in [-0.2, -0.15) is 13.2 Å². The van der Waals surface area contributed by atoms with Gasteiger partial charge in [0, 0.05) is 77.0 Å². The molecule has 0 saturated carbocycles. The SMILES string of the molecule is CCOC(=O)C1CCN(C2CCN(C(=O)[C@@H](Cc3cc(Cl)c(N)c(C(F)(F)F)c3)OC(=O)N3CCC(N4CCc5ccccc5NC4=O)CC3)CC2)C(OC)C1. The molecule has 0 spiro atoms. The molecular formula is C39H50ClF3N6O7. The lowest BCUT2D eigenvalue weighted by molar-refractivity contribution is -0.159. The maximum absolute atomic E-state index is 14.2. The summed E-state index contributed by atoms with van der Waals surface area (Å²) in [4.78, 5) is 60.4. The number of para-hydroxylation sites is 1. The number of halogens is 4. The first-order chi connectivity index (χ1) is 26.8. The van der Waals surface area contributed by atoms with Crippen LogP contribution in [0.25, 0.3) is 0 Å². The van der Waals surface area contributed by atoms with E-state index in [0.29, 0.717) is 77.7 Å². The quantitative estimate of drug-likeness (QED) is 0.238. The Morgan fingerprint density at radius 3 is 2.32 bits per heavy atom. The van der Waals surface area contributed by atoms with Crippen molar-refractivity contribution in [1.82, 2.24) is 19.6 Å². The third-order valence-corrected chi connectivity index (χ3v) is 11.8. The number of hydrogen-bond acceptors (Lipinski definition) is 9. The zero-order chi connectivity index (χ0) is 40.1. The van der Waals surface area contributed by atoms with E-state index in [1.54, 1.807) is 23.8 Å². The number of methoxy groups -OCH3 is 1. The molecule has 306 valence electrons. The van der Waals surface area contributed by atoms with Gasteiger partial charge in [0.05, 0.1) is 28.8 Å². The molecule has 17 heteroatoms. The molecule has 3 fully saturated rings. The maximum Gasteiger partial charge on any atom is 0.418 e. The number of benzene rings is 2. The number of piperidine rings is 3. The molecule has 2 aromatic carbocycles. The van der Waals surface area contributed by atoms with Crippen molar-refractivity contribution in [1.29, 1.82) is 0 Å². The Morgan fingerprint density at radius 2 is 1.64 bits per heavy atom. The van der Waals surface area contributed by atoms with Crippen LogP contribution < -0.4 is 11.1 Å². The zero-order valence-electron chi connectivity index (χ0n) is 31.7. The number of nitrogen functional groups attached to an aromatic ring is 1. The van der Waals surface area contributed by atoms with Crippen molar-refractivity contribution in [3.8, 4) is 0 Å². The van der Waals surface area contributed by atoms with E-state index in [0.717, 1.165) is 17.3 Å². The van der Waals surface area contributed by atoms with Gasteiger partial charge < -0.3 is 40.0 Å². The molecule has 13 nitrogen and oxygen atoms in total. The van der Waals surface area contributed by atoms with Crippen molar-refractivity contribution in [3.63, 3.8) is 0 Å². The maximum atomic E-state index is 14.2. The minimum Gasteiger partial charge on any atom is -0.466 e. The number of likely N-dealkylation sites (tertiary alicyclic amines) is 3. The number of nitrogens with two attached hydrogens (primary N) is 1. The first kappa shape index (κ1) is 41.4. The van der Waals surface area contributed by atoms with Crippen LogP contribution in [0.5, 0.6) is 0 Å². The number of nitrogens with zero attached hydrogens (tertiary/aromatic N) is 4. The van der Waals surface area contributed by atoms with Crippen LogP contribution in [0.15, 0.2) is 36.4 Å². The third kappa shape index (κ3) is 9.46. The Hall–Kier alpha value is -4.28. The molecule has 0 bridgehead atoms. The smallest absolute Gasteiger partial charge is 0.418 e. The number of carbonyl (C=O) groups is 4. The van der Waals surface area contributed by atoms with Crippen molar-refractivity contribution in [2.24, 2.45) is 5.92 Å². The van der Waals surface area contributed by atoms with Crippen molar-refractivity contribution in [2.45, 2.75) is 88.9 Å². The molecule has 0 radical (unpaired) electrons. The normalized spacial score (nSPS) is 22.2. The van der Waals surface area contributed by atoms with Crippen LogP contribution in [0.1, 0.15) is 62.1 Å². The van der Waals surface area contributed by atoms with Crippen molar-refractivity contribution in [2.75, 3.05) is 64.0 Å². The molecule has 0 aromatic heterocycles. The second-order valence-corrected chi connectivity index (χ2v) is 15.2. The molecule has 6 rings (SSSR count). The number of nitrogens with one attached hydrogen (secondary N) is 1. The molecule has 56 heavy (non-hydrogen) atoms. The highest BCUT2D eigenvalue weighted by molar-refractivity contribution is 6.33. The molecule has 2 aromatic rings. The predicted octanol–water partition coefficient (Wildman–Crippen LogP) is 5.78. The van der Waals surface area contributed by atoms with E-state index in [2.05, 4.69) is 10.2 Å². The summed E-state index contributed by atoms with van der Waals surface area (Å²) < 4.78 is 58.6. The Bertz CT molecular complexity index is 1750. The minimum absolute atomic E-state index is 0.0387. The van der Waals surface area contributed by atoms with Gasteiger partial charge in [-0.3, -0.25) is 14.5 Å². The molecule has 0 aliphatic carbocycles. The average molecular weight is 807 g/mol. The second-order valence-electron chi connectivity index (χ2n) is 14.8. The topological polar surface area (TPSA) is 147 Å². The molecule has 3 saturated heterocycles. The van der Waals surface area contributed by atoms with E-state index in [1.165, 1.54) is 11.0 Å². The number of anilines is 2. The first-order valence-electron chi connectivity index (χ1n) is 19.3. The van der Waals surface area contributed by atoms with Crippen LogP contribution in [-0.2, 0) is 42.8 Å². The molecular weight excluding hydrogens is 757 g/mol. The van der Waals surface area contributed by atoms with Gasteiger partial charge in [0.25, 0.3) is 5.91 Å². The van der Waals surface area contributed by atoms with Gasteiger partial charge in [0.1, 0.15) is 6.23 Å². The van der Waals surface area contributed by atoms with Gasteiger partial charge in [0.2, 0.25) is 0 Å². The van der Waals surface area contributed by atoms with Crippen LogP contribution in [0.3, 0.4) is 0 Å². The van der Waals surface area contributed by atoms with E-state index in [1.807, 2.05) is 24.3 Å². The highest BCUT2D eigenvalue weighted by Gasteiger charge is 2.41. The molecule has 4 amide bonds. The lowest BCUT2D eigenvalue weighted by Crippen LogP contribution is -2.55. The van der Waals surface area contributed by atoms with Gasteiger partial charge >= 0.3 is 24.3 Å². The van der Waals surface area contributed by atoms with Crippen LogP contribution >= 0.6 is 11.6 Å². The minimum atomic E-state index is -4.80. The zero-order valence-corrected chi connectivity index (χ0v) is 32.4. The summed E-state index contributed by atoms with van der Waals surface area (Å²) >= 11 is 6.13. The van der Waals surface area contributed by atoms with Gasteiger partial charge in [-0.15, -0.1) is 0 Å². The van der Waals surface area contributed by atoms with E-state index in [4.69, 9.17) is 31.5 Å². The highest BCUT2D eigenvalue weighted by atomic mass is 35.5. The molecule has 3 atom stereocenters. The number of urea groups is 1. The first-order valence-corrected chi connectivity index (χ1v) is 19.6. The summed E-state index contributed by atoms with van der Waals surface area (Å²) in [6.45, 7) is 4.36. The lowest BCUT2D eigenvalue weighted by Gasteiger charge is -2.45. The summed E-state index contributed by atoms with van der Waals surface area (Å²) in [6.07, 6.45) is -3.76. The molecule has 4 heterocycles. The summed E-state index contributed by atoms with van der Waals surface area (Å²) in [5, 5.41) is 2.66. The number of esters is 1. The van der Waals surface area contributed by atoms with Crippen molar-refractivity contribution in [3.05, 3.63) is 58.1 Å². The lowest BCUT2D eigenvalue weighted by atomic mass is 9.92. The Morgan fingerprint density at radius 1 is 0.964 bits per heavy atom. The predicted molar refractivity (Wildman–Crippen MR) is 202 cm³/mol. The fourth-order valence-electron chi connectivity index (χ4n) is 8.40. The van der Waals surface area contributed by atoms with Crippen LogP contribution in [0.4, 0.5) is 34.1 Å². The number of rotatable bonds is 9. The third-order valence-electron chi connectivity index (χ3n) is 11.5. The number of amides is 4. The number of ether oxygens (including phenoxy) is 3. The standard InChI is InChI=1S/C39H50ClF3N6O7/c1-3-55-36(51)26-9-18-48(33(23-26)54-2)27-10-14-46(15-11-27)35(50)32(22-24-20-29(39(41,42)43)34(44)30(40)21-24)56-38(53)47-16-12-28(13-17-47)49-19-8-25-6-4-5-7-31(25)45-37(49)52/h4-7,20-21,26-28,32-33H,3,8-19,22-23,44H2,1-2H3,(H,45,52)/t26?,32-,33?/m1/s1. The number of fused-ring (bicyclic) bond motifs is 1. The van der Waals surface area contributed by atoms with Crippen LogP contribution in [-0.4, -0.2) is 121 Å². The molecule has 2 unspecified atom stereocenters. The van der Waals surface area contributed by atoms with Crippen LogP contribution in [0, 0.1) is 5.92 Å². The van der Waals surface area contributed by atoms with E-state index < -0.39 is 35.5 Å². The Kier molecular flexibility index (Phi) is 13.2. The monoisotopic (exact) mass is 806 g/mol. The fourth-order valence-corrected chi connectivity index (χ4v) is 8.65. The molecule has 4 aliphatic heterocycles. The van der Waals surface area contributed by atoms with Crippen molar-refractivity contribution < 1.29 is 46.6 Å². The summed E-state index contributed by atoms with van der Waals surface area (Å²) in [7, 11) is 1.60. The van der Waals surface area contributed by atoms with E-state index >= 15 is 0 Å². The number of carbonyl (C=O) groups excluding carboxylic acids is 4. The molecule has 4 aliphatic rings. The fraction of sp³-hybridized carbons (Fsp3) is 0.590. The summed E-state index contributed by atoms with van der Waals surface area (Å²) in [6, 6.07) is 9.46. The Balaban J connectivity index is 1.12. The highest BCUT2D eigenvalue weighted by Crippen LogP contribution is 2.38. The summed E-state index contributed by atoms with van der Waals surface area (Å²) in [5.74, 6) is -1.02. The Labute approximate surface area is 329 Å².